The molecular weight excluding hydrogens is 382 g/mol. The van der Waals surface area contributed by atoms with Crippen molar-refractivity contribution in [3.63, 3.8) is 0 Å². The van der Waals surface area contributed by atoms with E-state index in [-0.39, 0.29) is 5.91 Å². The van der Waals surface area contributed by atoms with E-state index >= 15 is 0 Å². The summed E-state index contributed by atoms with van der Waals surface area (Å²) in [5.41, 5.74) is 2.42. The van der Waals surface area contributed by atoms with Gasteiger partial charge in [0.2, 0.25) is 5.91 Å². The number of carbonyl (C=O) groups is 1. The van der Waals surface area contributed by atoms with Crippen molar-refractivity contribution in [3.05, 3.63) is 72.1 Å². The minimum atomic E-state index is 0.162. The molecule has 0 bridgehead atoms. The fourth-order valence-corrected chi connectivity index (χ4v) is 4.31. The summed E-state index contributed by atoms with van der Waals surface area (Å²) in [5, 5.41) is 9.37. The van der Waals surface area contributed by atoms with Crippen molar-refractivity contribution in [1.82, 2.24) is 19.7 Å². The van der Waals surface area contributed by atoms with Crippen LogP contribution in [-0.4, -0.2) is 57.5 Å². The van der Waals surface area contributed by atoms with Gasteiger partial charge in [-0.15, -0.1) is 10.2 Å². The van der Waals surface area contributed by atoms with Gasteiger partial charge in [-0.25, -0.2) is 0 Å². The van der Waals surface area contributed by atoms with Crippen LogP contribution in [0.4, 0.5) is 5.69 Å². The molecule has 0 atom stereocenters. The molecule has 0 spiro atoms. The monoisotopic (exact) mass is 407 g/mol. The van der Waals surface area contributed by atoms with Crippen molar-refractivity contribution >= 4 is 23.4 Å². The van der Waals surface area contributed by atoms with E-state index in [1.807, 2.05) is 40.8 Å². The van der Waals surface area contributed by atoms with Crippen LogP contribution in [-0.2, 0) is 18.3 Å². The molecule has 6 nitrogen and oxygen atoms in total. The van der Waals surface area contributed by atoms with Gasteiger partial charge in [-0.3, -0.25) is 4.79 Å². The van der Waals surface area contributed by atoms with E-state index in [1.54, 1.807) is 0 Å². The molecule has 1 fully saturated rings. The van der Waals surface area contributed by atoms with Gasteiger partial charge in [0.25, 0.3) is 0 Å². The van der Waals surface area contributed by atoms with Crippen LogP contribution in [0.15, 0.2) is 65.8 Å². The average molecular weight is 408 g/mol. The molecule has 0 saturated carbocycles. The summed E-state index contributed by atoms with van der Waals surface area (Å²) in [5.74, 6) is 1.46. The first-order valence-corrected chi connectivity index (χ1v) is 10.8. The summed E-state index contributed by atoms with van der Waals surface area (Å²) in [6.45, 7) is 3.25. The second-order valence-electron chi connectivity index (χ2n) is 7.11. The first-order chi connectivity index (χ1) is 14.2. The normalized spacial score (nSPS) is 14.2. The third kappa shape index (κ3) is 4.79. The number of thioether (sulfide) groups is 1. The number of carbonyl (C=O) groups excluding carboxylic acids is 1. The molecule has 0 unspecified atom stereocenters. The molecular formula is C22H25N5OS. The first-order valence-electron chi connectivity index (χ1n) is 9.83. The van der Waals surface area contributed by atoms with Crippen LogP contribution in [0.2, 0.25) is 0 Å². The van der Waals surface area contributed by atoms with Crippen molar-refractivity contribution < 1.29 is 4.79 Å². The Morgan fingerprint density at radius 2 is 1.59 bits per heavy atom. The van der Waals surface area contributed by atoms with Gasteiger partial charge in [0.15, 0.2) is 5.16 Å². The summed E-state index contributed by atoms with van der Waals surface area (Å²) in [6.07, 6.45) is 0.736. The number of benzene rings is 2. The van der Waals surface area contributed by atoms with E-state index in [0.29, 0.717) is 5.75 Å². The Kier molecular flexibility index (Phi) is 6.14. The molecule has 0 aliphatic carbocycles. The molecule has 2 aromatic carbocycles. The molecule has 1 aliphatic rings. The molecule has 0 N–H and O–H groups in total. The Morgan fingerprint density at radius 3 is 2.28 bits per heavy atom. The first kappa shape index (κ1) is 19.5. The lowest BCUT2D eigenvalue weighted by Gasteiger charge is -2.36. The van der Waals surface area contributed by atoms with Crippen LogP contribution in [0.5, 0.6) is 0 Å². The second kappa shape index (κ2) is 9.13. The molecule has 0 radical (unpaired) electrons. The Morgan fingerprint density at radius 1 is 0.931 bits per heavy atom. The molecule has 1 saturated heterocycles. The van der Waals surface area contributed by atoms with Gasteiger partial charge in [0.1, 0.15) is 5.82 Å². The molecule has 7 heteroatoms. The van der Waals surface area contributed by atoms with E-state index in [4.69, 9.17) is 0 Å². The summed E-state index contributed by atoms with van der Waals surface area (Å²) in [7, 11) is 1.96. The van der Waals surface area contributed by atoms with E-state index in [9.17, 15) is 4.79 Å². The van der Waals surface area contributed by atoms with Crippen molar-refractivity contribution in [3.8, 4) is 0 Å². The SMILES string of the molecule is Cn1c(Cc2ccccc2)nnc1SCC(=O)N1CCN(c2ccccc2)CC1. The molecule has 1 aromatic heterocycles. The molecule has 2 heterocycles. The van der Waals surface area contributed by atoms with Gasteiger partial charge in [0, 0.05) is 45.3 Å². The molecule has 1 amide bonds. The second-order valence-corrected chi connectivity index (χ2v) is 8.05. The average Bonchev–Trinajstić information content (AvgIpc) is 3.12. The lowest BCUT2D eigenvalue weighted by Crippen LogP contribution is -2.49. The highest BCUT2D eigenvalue weighted by molar-refractivity contribution is 7.99. The lowest BCUT2D eigenvalue weighted by molar-refractivity contribution is -0.128. The van der Waals surface area contributed by atoms with Crippen molar-refractivity contribution in [2.45, 2.75) is 11.6 Å². The number of anilines is 1. The van der Waals surface area contributed by atoms with E-state index in [1.165, 1.54) is 23.0 Å². The van der Waals surface area contributed by atoms with E-state index < -0.39 is 0 Å². The standard InChI is InChI=1S/C22H25N5OS/c1-25-20(16-18-8-4-2-5-9-18)23-24-22(25)29-17-21(28)27-14-12-26(13-15-27)19-10-6-3-7-11-19/h2-11H,12-17H2,1H3. The minimum absolute atomic E-state index is 0.162. The Balaban J connectivity index is 1.28. The summed E-state index contributed by atoms with van der Waals surface area (Å²) >= 11 is 1.46. The van der Waals surface area contributed by atoms with E-state index in [2.05, 4.69) is 51.5 Å². The number of nitrogens with zero attached hydrogens (tertiary/aromatic N) is 5. The summed E-state index contributed by atoms with van der Waals surface area (Å²) in [6, 6.07) is 20.6. The predicted molar refractivity (Wildman–Crippen MR) is 116 cm³/mol. The van der Waals surface area contributed by atoms with Crippen LogP contribution < -0.4 is 4.90 Å². The number of hydrogen-bond donors (Lipinski definition) is 0. The maximum atomic E-state index is 12.7. The number of rotatable bonds is 6. The summed E-state index contributed by atoms with van der Waals surface area (Å²) < 4.78 is 1.98. The maximum Gasteiger partial charge on any atom is 0.233 e. The molecule has 150 valence electrons. The Hall–Kier alpha value is -2.80. The lowest BCUT2D eigenvalue weighted by atomic mass is 10.1. The van der Waals surface area contributed by atoms with Crippen LogP contribution in [0.3, 0.4) is 0 Å². The summed E-state index contributed by atoms with van der Waals surface area (Å²) in [4.78, 5) is 16.9. The topological polar surface area (TPSA) is 54.3 Å². The third-order valence-electron chi connectivity index (χ3n) is 5.21. The highest BCUT2D eigenvalue weighted by Crippen LogP contribution is 2.20. The van der Waals surface area contributed by atoms with Crippen molar-refractivity contribution in [2.75, 3.05) is 36.8 Å². The molecule has 4 rings (SSSR count). The highest BCUT2D eigenvalue weighted by Gasteiger charge is 2.22. The third-order valence-corrected chi connectivity index (χ3v) is 6.21. The quantitative estimate of drug-likeness (QED) is 0.588. The minimum Gasteiger partial charge on any atom is -0.368 e. The van der Waals surface area contributed by atoms with Gasteiger partial charge in [-0.1, -0.05) is 60.3 Å². The molecule has 1 aliphatic heterocycles. The maximum absolute atomic E-state index is 12.7. The van der Waals surface area contributed by atoms with Crippen LogP contribution in [0.1, 0.15) is 11.4 Å². The van der Waals surface area contributed by atoms with Crippen LogP contribution in [0.25, 0.3) is 0 Å². The number of hydrogen-bond acceptors (Lipinski definition) is 5. The van der Waals surface area contributed by atoms with Gasteiger partial charge in [-0.05, 0) is 17.7 Å². The zero-order chi connectivity index (χ0) is 20.1. The molecule has 3 aromatic rings. The van der Waals surface area contributed by atoms with Crippen molar-refractivity contribution in [2.24, 2.45) is 7.05 Å². The zero-order valence-electron chi connectivity index (χ0n) is 16.6. The molecule has 29 heavy (non-hydrogen) atoms. The van der Waals surface area contributed by atoms with Crippen LogP contribution >= 0.6 is 11.8 Å². The van der Waals surface area contributed by atoms with Gasteiger partial charge in [-0.2, -0.15) is 0 Å². The number of aromatic nitrogens is 3. The predicted octanol–water partition coefficient (Wildman–Crippen LogP) is 2.85. The zero-order valence-corrected chi connectivity index (χ0v) is 17.4. The number of para-hydroxylation sites is 1. The van der Waals surface area contributed by atoms with Crippen molar-refractivity contribution in [1.29, 1.82) is 0 Å². The smallest absolute Gasteiger partial charge is 0.233 e. The number of amides is 1. The highest BCUT2D eigenvalue weighted by atomic mass is 32.2. The largest absolute Gasteiger partial charge is 0.368 e. The fourth-order valence-electron chi connectivity index (χ4n) is 3.47. The Labute approximate surface area is 175 Å². The van der Waals surface area contributed by atoms with Crippen LogP contribution in [0, 0.1) is 0 Å². The van der Waals surface area contributed by atoms with E-state index in [0.717, 1.165) is 43.6 Å². The fraction of sp³-hybridized carbons (Fsp3) is 0.318. The number of piperazine rings is 1. The van der Waals surface area contributed by atoms with Gasteiger partial charge >= 0.3 is 0 Å². The van der Waals surface area contributed by atoms with Gasteiger partial charge in [0.05, 0.1) is 5.75 Å². The Bertz CT molecular complexity index is 936. The van der Waals surface area contributed by atoms with Gasteiger partial charge < -0.3 is 14.4 Å².